The molecule has 2 aliphatic rings. The SMILES string of the molecule is O=C(Nc1ccc(F)c(S(=O)(=O)N2CCOCC2)c1)C1CC(c2cccc(F)c2)=NO1. The summed E-state index contributed by atoms with van der Waals surface area (Å²) < 4.78 is 59.5. The van der Waals surface area contributed by atoms with Crippen molar-refractivity contribution in [2.45, 2.75) is 17.4 Å². The summed E-state index contributed by atoms with van der Waals surface area (Å²) >= 11 is 0. The Bertz CT molecular complexity index is 1130. The van der Waals surface area contributed by atoms with Crippen LogP contribution in [0.5, 0.6) is 0 Å². The van der Waals surface area contributed by atoms with E-state index >= 15 is 0 Å². The maximum Gasteiger partial charge on any atom is 0.268 e. The van der Waals surface area contributed by atoms with Crippen LogP contribution >= 0.6 is 0 Å². The molecule has 0 spiro atoms. The predicted octanol–water partition coefficient (Wildman–Crippen LogP) is 2.12. The number of ether oxygens (including phenoxy) is 1. The first-order valence-electron chi connectivity index (χ1n) is 9.51. The second-order valence-electron chi connectivity index (χ2n) is 7.00. The number of sulfonamides is 1. The number of rotatable bonds is 5. The average Bonchev–Trinajstić information content (AvgIpc) is 3.26. The molecule has 2 aliphatic heterocycles. The molecular weight excluding hydrogens is 432 g/mol. The van der Waals surface area contributed by atoms with Crippen LogP contribution < -0.4 is 5.32 Å². The zero-order valence-electron chi connectivity index (χ0n) is 16.3. The molecule has 2 aromatic rings. The number of benzene rings is 2. The highest BCUT2D eigenvalue weighted by Crippen LogP contribution is 2.25. The monoisotopic (exact) mass is 451 g/mol. The van der Waals surface area contributed by atoms with E-state index in [1.54, 1.807) is 6.07 Å². The molecule has 164 valence electrons. The lowest BCUT2D eigenvalue weighted by atomic mass is 10.0. The molecule has 1 saturated heterocycles. The third-order valence-electron chi connectivity index (χ3n) is 4.91. The molecule has 1 amide bonds. The number of hydrogen-bond acceptors (Lipinski definition) is 6. The van der Waals surface area contributed by atoms with E-state index in [0.29, 0.717) is 11.3 Å². The summed E-state index contributed by atoms with van der Waals surface area (Å²) in [5.41, 5.74) is 1.01. The molecule has 4 rings (SSSR count). The zero-order valence-corrected chi connectivity index (χ0v) is 17.1. The van der Waals surface area contributed by atoms with Gasteiger partial charge in [-0.25, -0.2) is 17.2 Å². The van der Waals surface area contributed by atoms with Gasteiger partial charge in [-0.1, -0.05) is 17.3 Å². The third kappa shape index (κ3) is 4.58. The van der Waals surface area contributed by atoms with Crippen LogP contribution in [0.4, 0.5) is 14.5 Å². The minimum Gasteiger partial charge on any atom is -0.382 e. The molecule has 1 unspecified atom stereocenters. The van der Waals surface area contributed by atoms with Crippen molar-refractivity contribution >= 4 is 27.3 Å². The van der Waals surface area contributed by atoms with Crippen LogP contribution in [-0.4, -0.2) is 56.7 Å². The largest absolute Gasteiger partial charge is 0.382 e. The van der Waals surface area contributed by atoms with E-state index in [9.17, 15) is 22.0 Å². The molecule has 2 aromatic carbocycles. The number of halogens is 2. The highest BCUT2D eigenvalue weighted by Gasteiger charge is 2.31. The van der Waals surface area contributed by atoms with Crippen molar-refractivity contribution in [1.29, 1.82) is 0 Å². The number of carbonyl (C=O) groups is 1. The molecule has 31 heavy (non-hydrogen) atoms. The van der Waals surface area contributed by atoms with E-state index in [-0.39, 0.29) is 38.4 Å². The highest BCUT2D eigenvalue weighted by molar-refractivity contribution is 7.89. The summed E-state index contributed by atoms with van der Waals surface area (Å²) in [6.45, 7) is 0.691. The van der Waals surface area contributed by atoms with Gasteiger partial charge in [0.1, 0.15) is 16.5 Å². The Labute approximate surface area is 177 Å². The molecule has 0 bridgehead atoms. The molecule has 0 aromatic heterocycles. The fourth-order valence-electron chi connectivity index (χ4n) is 3.28. The number of oxime groups is 1. The first kappa shape index (κ1) is 21.3. The highest BCUT2D eigenvalue weighted by atomic mass is 32.2. The summed E-state index contributed by atoms with van der Waals surface area (Å²) in [4.78, 5) is 17.2. The van der Waals surface area contributed by atoms with Crippen LogP contribution in [-0.2, 0) is 24.4 Å². The van der Waals surface area contributed by atoms with Crippen molar-refractivity contribution in [3.63, 3.8) is 0 Å². The molecule has 0 radical (unpaired) electrons. The Morgan fingerprint density at radius 3 is 2.65 bits per heavy atom. The first-order valence-corrected chi connectivity index (χ1v) is 11.0. The molecule has 2 heterocycles. The van der Waals surface area contributed by atoms with E-state index in [4.69, 9.17) is 9.57 Å². The summed E-state index contributed by atoms with van der Waals surface area (Å²) in [5.74, 6) is -1.94. The van der Waals surface area contributed by atoms with Crippen LogP contribution in [0, 0.1) is 11.6 Å². The van der Waals surface area contributed by atoms with Crippen molar-refractivity contribution < 1.29 is 31.6 Å². The standard InChI is InChI=1S/C20H19F2N3O5S/c21-14-3-1-2-13(10-14)17-12-18(30-24-17)20(26)23-15-4-5-16(22)19(11-15)31(27,28)25-6-8-29-9-7-25/h1-5,10-11,18H,6-9,12H2,(H,23,26). The number of anilines is 1. The third-order valence-corrected chi connectivity index (χ3v) is 6.82. The average molecular weight is 451 g/mol. The fourth-order valence-corrected chi connectivity index (χ4v) is 4.78. The molecule has 0 saturated carbocycles. The lowest BCUT2D eigenvalue weighted by molar-refractivity contribution is -0.125. The molecule has 8 nitrogen and oxygen atoms in total. The molecule has 0 aliphatic carbocycles. The summed E-state index contributed by atoms with van der Waals surface area (Å²) in [6, 6.07) is 9.06. The molecule has 11 heteroatoms. The van der Waals surface area contributed by atoms with Crippen molar-refractivity contribution in [1.82, 2.24) is 4.31 Å². The van der Waals surface area contributed by atoms with Crippen LogP contribution in [0.15, 0.2) is 52.5 Å². The minimum atomic E-state index is -4.08. The minimum absolute atomic E-state index is 0.0982. The first-order chi connectivity index (χ1) is 14.8. The Kier molecular flexibility index (Phi) is 5.99. The van der Waals surface area contributed by atoms with E-state index in [1.807, 2.05) is 0 Å². The van der Waals surface area contributed by atoms with Crippen LogP contribution in [0.3, 0.4) is 0 Å². The van der Waals surface area contributed by atoms with Gasteiger partial charge in [0.15, 0.2) is 0 Å². The van der Waals surface area contributed by atoms with E-state index < -0.39 is 38.6 Å². The Hall–Kier alpha value is -2.89. The van der Waals surface area contributed by atoms with Gasteiger partial charge in [0, 0.05) is 30.8 Å². The van der Waals surface area contributed by atoms with Gasteiger partial charge in [-0.2, -0.15) is 4.31 Å². The second kappa shape index (κ2) is 8.69. The van der Waals surface area contributed by atoms with Gasteiger partial charge in [-0.05, 0) is 30.3 Å². The quantitative estimate of drug-likeness (QED) is 0.751. The van der Waals surface area contributed by atoms with E-state index in [2.05, 4.69) is 10.5 Å². The summed E-state index contributed by atoms with van der Waals surface area (Å²) in [7, 11) is -4.08. The predicted molar refractivity (Wildman–Crippen MR) is 107 cm³/mol. The maximum atomic E-state index is 14.3. The van der Waals surface area contributed by atoms with Gasteiger partial charge >= 0.3 is 0 Å². The van der Waals surface area contributed by atoms with E-state index in [1.165, 1.54) is 24.3 Å². The molecule has 1 atom stereocenters. The fraction of sp³-hybridized carbons (Fsp3) is 0.300. The van der Waals surface area contributed by atoms with Crippen LogP contribution in [0.1, 0.15) is 12.0 Å². The smallest absolute Gasteiger partial charge is 0.268 e. The zero-order chi connectivity index (χ0) is 22.0. The topological polar surface area (TPSA) is 97.3 Å². The normalized spacial score (nSPS) is 19.5. The second-order valence-corrected chi connectivity index (χ2v) is 8.90. The van der Waals surface area contributed by atoms with E-state index in [0.717, 1.165) is 16.4 Å². The molecular formula is C20H19F2N3O5S. The lowest BCUT2D eigenvalue weighted by Gasteiger charge is -2.26. The number of morpholine rings is 1. The Balaban J connectivity index is 1.46. The van der Waals surface area contributed by atoms with Crippen molar-refractivity contribution in [3.8, 4) is 0 Å². The van der Waals surface area contributed by atoms with Crippen molar-refractivity contribution in [2.75, 3.05) is 31.6 Å². The van der Waals surface area contributed by atoms with Gasteiger partial charge in [0.05, 0.1) is 18.9 Å². The van der Waals surface area contributed by atoms with Crippen LogP contribution in [0.2, 0.25) is 0 Å². The van der Waals surface area contributed by atoms with Gasteiger partial charge in [0.2, 0.25) is 16.1 Å². The number of nitrogens with zero attached hydrogens (tertiary/aromatic N) is 2. The number of carbonyl (C=O) groups excluding carboxylic acids is 1. The van der Waals surface area contributed by atoms with Crippen LogP contribution in [0.25, 0.3) is 0 Å². The van der Waals surface area contributed by atoms with Gasteiger partial charge in [0.25, 0.3) is 5.91 Å². The number of nitrogens with one attached hydrogen (secondary N) is 1. The molecule has 1 fully saturated rings. The Morgan fingerprint density at radius 1 is 1.13 bits per heavy atom. The number of hydrogen-bond donors (Lipinski definition) is 1. The maximum absolute atomic E-state index is 14.3. The Morgan fingerprint density at radius 2 is 1.90 bits per heavy atom. The van der Waals surface area contributed by atoms with Gasteiger partial charge < -0.3 is 14.9 Å². The lowest BCUT2D eigenvalue weighted by Crippen LogP contribution is -2.41. The van der Waals surface area contributed by atoms with Gasteiger partial charge in [-0.15, -0.1) is 0 Å². The van der Waals surface area contributed by atoms with Crippen molar-refractivity contribution in [2.24, 2.45) is 5.16 Å². The summed E-state index contributed by atoms with van der Waals surface area (Å²) in [6.07, 6.45) is -0.877. The molecule has 1 N–H and O–H groups in total. The summed E-state index contributed by atoms with van der Waals surface area (Å²) in [5, 5.41) is 6.36. The number of amides is 1. The van der Waals surface area contributed by atoms with Gasteiger partial charge in [-0.3, -0.25) is 4.79 Å². The van der Waals surface area contributed by atoms with Crippen molar-refractivity contribution in [3.05, 3.63) is 59.7 Å².